The fourth-order valence-electron chi connectivity index (χ4n) is 1.72. The Bertz CT molecular complexity index is 599. The summed E-state index contributed by atoms with van der Waals surface area (Å²) in [6.07, 6.45) is 1.46. The molecule has 5 nitrogen and oxygen atoms in total. The molecule has 0 bridgehead atoms. The van der Waals surface area contributed by atoms with Gasteiger partial charge in [0.1, 0.15) is 5.75 Å². The predicted molar refractivity (Wildman–Crippen MR) is 70.8 cm³/mol. The van der Waals surface area contributed by atoms with E-state index >= 15 is 0 Å². The van der Waals surface area contributed by atoms with Crippen LogP contribution in [0.25, 0.3) is 0 Å². The molecule has 1 atom stereocenters. The van der Waals surface area contributed by atoms with E-state index in [9.17, 15) is 9.90 Å². The Morgan fingerprint density at radius 3 is 2.79 bits per heavy atom. The van der Waals surface area contributed by atoms with Crippen molar-refractivity contribution in [3.63, 3.8) is 0 Å². The number of hydrogen-bond donors (Lipinski definition) is 2. The van der Waals surface area contributed by atoms with E-state index in [1.807, 2.05) is 32.0 Å². The fourth-order valence-corrected chi connectivity index (χ4v) is 1.72. The van der Waals surface area contributed by atoms with Gasteiger partial charge < -0.3 is 10.4 Å². The predicted octanol–water partition coefficient (Wildman–Crippen LogP) is 1.98. The van der Waals surface area contributed by atoms with E-state index in [1.165, 1.54) is 12.3 Å². The van der Waals surface area contributed by atoms with Gasteiger partial charge in [-0.2, -0.15) is 0 Å². The second-order valence-corrected chi connectivity index (χ2v) is 4.27. The Morgan fingerprint density at radius 2 is 2.11 bits per heavy atom. The highest BCUT2D eigenvalue weighted by Crippen LogP contribution is 2.15. The molecule has 2 aromatic rings. The first-order valence-electron chi connectivity index (χ1n) is 5.96. The number of aromatic hydroxyl groups is 1. The number of aromatic nitrogens is 2. The van der Waals surface area contributed by atoms with Crippen LogP contribution in [0.4, 0.5) is 0 Å². The summed E-state index contributed by atoms with van der Waals surface area (Å²) in [7, 11) is 0. The number of amides is 1. The molecule has 2 N–H and O–H groups in total. The summed E-state index contributed by atoms with van der Waals surface area (Å²) in [5.41, 5.74) is 1.67. The van der Waals surface area contributed by atoms with E-state index in [0.29, 0.717) is 0 Å². The average molecular weight is 257 g/mol. The summed E-state index contributed by atoms with van der Waals surface area (Å²) < 4.78 is 0. The molecule has 98 valence electrons. The lowest BCUT2D eigenvalue weighted by molar-refractivity contribution is 0.0931. The molecule has 1 amide bonds. The summed E-state index contributed by atoms with van der Waals surface area (Å²) in [5.74, 6) is -0.557. The second-order valence-electron chi connectivity index (χ2n) is 4.27. The summed E-state index contributed by atoms with van der Waals surface area (Å²) in [5, 5.41) is 12.3. The van der Waals surface area contributed by atoms with Crippen molar-refractivity contribution >= 4 is 5.91 Å². The van der Waals surface area contributed by atoms with E-state index in [0.717, 1.165) is 11.4 Å². The highest BCUT2D eigenvalue weighted by atomic mass is 16.3. The molecule has 0 aliphatic rings. The third kappa shape index (κ3) is 3.07. The van der Waals surface area contributed by atoms with E-state index in [4.69, 9.17) is 0 Å². The van der Waals surface area contributed by atoms with Crippen molar-refractivity contribution in [3.05, 3.63) is 53.6 Å². The Balaban J connectivity index is 2.13. The number of pyridine rings is 2. The third-order valence-electron chi connectivity index (χ3n) is 2.70. The zero-order valence-corrected chi connectivity index (χ0v) is 10.8. The topological polar surface area (TPSA) is 75.1 Å². The molecule has 2 rings (SSSR count). The zero-order valence-electron chi connectivity index (χ0n) is 10.8. The summed E-state index contributed by atoms with van der Waals surface area (Å²) in [6.45, 7) is 3.72. The van der Waals surface area contributed by atoms with Crippen LogP contribution in [0, 0.1) is 6.92 Å². The molecule has 1 unspecified atom stereocenters. The largest absolute Gasteiger partial charge is 0.505 e. The molecule has 0 aliphatic heterocycles. The maximum atomic E-state index is 12.0. The van der Waals surface area contributed by atoms with Crippen molar-refractivity contribution in [2.75, 3.05) is 0 Å². The molecule has 5 heteroatoms. The SMILES string of the molecule is Cc1cccc(C(C)NC(=O)c2ncccc2O)n1. The van der Waals surface area contributed by atoms with Crippen LogP contribution in [0.5, 0.6) is 5.75 Å². The normalized spacial score (nSPS) is 11.9. The molecule has 0 spiro atoms. The molecular formula is C14H15N3O2. The highest BCUT2D eigenvalue weighted by molar-refractivity contribution is 5.94. The second kappa shape index (κ2) is 5.48. The van der Waals surface area contributed by atoms with Gasteiger partial charge in [-0.1, -0.05) is 6.07 Å². The molecule has 0 aliphatic carbocycles. The van der Waals surface area contributed by atoms with E-state index in [-0.39, 0.29) is 17.5 Å². The van der Waals surface area contributed by atoms with Crippen molar-refractivity contribution in [2.24, 2.45) is 0 Å². The number of rotatable bonds is 3. The standard InChI is InChI=1S/C14H15N3O2/c1-9-5-3-6-11(16-9)10(2)17-14(19)13-12(18)7-4-8-15-13/h3-8,10,18H,1-2H3,(H,17,19). The van der Waals surface area contributed by atoms with Gasteiger partial charge in [0, 0.05) is 11.9 Å². The number of nitrogens with one attached hydrogen (secondary N) is 1. The van der Waals surface area contributed by atoms with Gasteiger partial charge in [0.2, 0.25) is 0 Å². The lowest BCUT2D eigenvalue weighted by Crippen LogP contribution is -2.28. The maximum absolute atomic E-state index is 12.0. The van der Waals surface area contributed by atoms with Crippen LogP contribution in [-0.2, 0) is 0 Å². The Hall–Kier alpha value is -2.43. The lowest BCUT2D eigenvalue weighted by atomic mass is 10.2. The van der Waals surface area contributed by atoms with Crippen LogP contribution >= 0.6 is 0 Å². The number of hydrogen-bond acceptors (Lipinski definition) is 4. The van der Waals surface area contributed by atoms with Crippen LogP contribution in [0.2, 0.25) is 0 Å². The van der Waals surface area contributed by atoms with Gasteiger partial charge in [-0.25, -0.2) is 4.98 Å². The van der Waals surface area contributed by atoms with Crippen LogP contribution < -0.4 is 5.32 Å². The molecule has 2 heterocycles. The van der Waals surface area contributed by atoms with Crippen molar-refractivity contribution in [2.45, 2.75) is 19.9 Å². The summed E-state index contributed by atoms with van der Waals surface area (Å²) in [4.78, 5) is 20.2. The molecular weight excluding hydrogens is 242 g/mol. The Kier molecular flexibility index (Phi) is 3.75. The molecule has 0 fully saturated rings. The van der Waals surface area contributed by atoms with Crippen LogP contribution in [0.3, 0.4) is 0 Å². The van der Waals surface area contributed by atoms with E-state index < -0.39 is 5.91 Å². The van der Waals surface area contributed by atoms with Crippen molar-refractivity contribution in [1.29, 1.82) is 0 Å². The minimum absolute atomic E-state index is 0.0157. The van der Waals surface area contributed by atoms with Crippen LogP contribution in [0.15, 0.2) is 36.5 Å². The minimum atomic E-state index is -0.422. The van der Waals surface area contributed by atoms with Gasteiger partial charge in [0.15, 0.2) is 5.69 Å². The van der Waals surface area contributed by atoms with Gasteiger partial charge in [0.25, 0.3) is 5.91 Å². The smallest absolute Gasteiger partial charge is 0.274 e. The van der Waals surface area contributed by atoms with Gasteiger partial charge >= 0.3 is 0 Å². The molecule has 19 heavy (non-hydrogen) atoms. The summed E-state index contributed by atoms with van der Waals surface area (Å²) >= 11 is 0. The van der Waals surface area contributed by atoms with Gasteiger partial charge in [-0.15, -0.1) is 0 Å². The molecule has 2 aromatic heterocycles. The van der Waals surface area contributed by atoms with Crippen molar-refractivity contribution in [3.8, 4) is 5.75 Å². The number of carbonyl (C=O) groups excluding carboxylic acids is 1. The van der Waals surface area contributed by atoms with Crippen molar-refractivity contribution < 1.29 is 9.90 Å². The molecule has 0 aromatic carbocycles. The molecule has 0 radical (unpaired) electrons. The first-order chi connectivity index (χ1) is 9.08. The van der Waals surface area contributed by atoms with Gasteiger partial charge in [-0.3, -0.25) is 9.78 Å². The van der Waals surface area contributed by atoms with Crippen molar-refractivity contribution in [1.82, 2.24) is 15.3 Å². The monoisotopic (exact) mass is 257 g/mol. The van der Waals surface area contributed by atoms with Gasteiger partial charge in [0.05, 0.1) is 11.7 Å². The van der Waals surface area contributed by atoms with Crippen LogP contribution in [-0.4, -0.2) is 21.0 Å². The maximum Gasteiger partial charge on any atom is 0.274 e. The zero-order chi connectivity index (χ0) is 13.8. The Morgan fingerprint density at radius 1 is 1.32 bits per heavy atom. The summed E-state index contributed by atoms with van der Waals surface area (Å²) in [6, 6.07) is 8.36. The van der Waals surface area contributed by atoms with Crippen LogP contribution in [0.1, 0.15) is 34.8 Å². The lowest BCUT2D eigenvalue weighted by Gasteiger charge is -2.13. The first kappa shape index (κ1) is 13.0. The third-order valence-corrected chi connectivity index (χ3v) is 2.70. The first-order valence-corrected chi connectivity index (χ1v) is 5.96. The Labute approximate surface area is 111 Å². The fraction of sp³-hybridized carbons (Fsp3) is 0.214. The van der Waals surface area contributed by atoms with E-state index in [2.05, 4.69) is 15.3 Å². The number of carbonyl (C=O) groups is 1. The highest BCUT2D eigenvalue weighted by Gasteiger charge is 2.16. The van der Waals surface area contributed by atoms with Gasteiger partial charge in [-0.05, 0) is 38.1 Å². The molecule has 0 saturated carbocycles. The average Bonchev–Trinajstić information content (AvgIpc) is 2.39. The van der Waals surface area contributed by atoms with E-state index in [1.54, 1.807) is 6.07 Å². The minimum Gasteiger partial charge on any atom is -0.505 e. The number of aryl methyl sites for hydroxylation is 1. The quantitative estimate of drug-likeness (QED) is 0.881. The molecule has 0 saturated heterocycles. The number of nitrogens with zero attached hydrogens (tertiary/aromatic N) is 2.